The summed E-state index contributed by atoms with van der Waals surface area (Å²) in [4.78, 5) is 2.18. The minimum Gasteiger partial charge on any atom is -0.339 e. The molecule has 0 unspecified atom stereocenters. The van der Waals surface area contributed by atoms with Crippen LogP contribution in [0.2, 0.25) is 0 Å². The van der Waals surface area contributed by atoms with Gasteiger partial charge in [-0.15, -0.1) is 0 Å². The lowest BCUT2D eigenvalue weighted by Crippen LogP contribution is -2.32. The number of nitrogens with two attached hydrogens (primary N) is 1. The third-order valence-electron chi connectivity index (χ3n) is 2.10. The molecular formula is C9H20N6. The zero-order valence-corrected chi connectivity index (χ0v) is 9.72. The first-order chi connectivity index (χ1) is 7.15. The molecule has 0 aliphatic rings. The van der Waals surface area contributed by atoms with Crippen molar-refractivity contribution in [1.29, 1.82) is 0 Å². The first-order valence-corrected chi connectivity index (χ1v) is 5.32. The number of hydrogen-bond acceptors (Lipinski definition) is 5. The van der Waals surface area contributed by atoms with Crippen molar-refractivity contribution >= 4 is 5.95 Å². The molecule has 1 aromatic heterocycles. The van der Waals surface area contributed by atoms with Crippen LogP contribution < -0.4 is 10.6 Å². The van der Waals surface area contributed by atoms with Gasteiger partial charge in [-0.3, -0.25) is 0 Å². The fourth-order valence-corrected chi connectivity index (χ4v) is 1.49. The normalized spacial score (nSPS) is 11.0. The molecule has 1 aromatic rings. The van der Waals surface area contributed by atoms with E-state index < -0.39 is 0 Å². The minimum atomic E-state index is 0.583. The third kappa shape index (κ3) is 3.47. The molecule has 6 heteroatoms. The van der Waals surface area contributed by atoms with E-state index in [0.717, 1.165) is 25.5 Å². The Balaban J connectivity index is 2.67. The van der Waals surface area contributed by atoms with Crippen LogP contribution in [-0.2, 0) is 7.05 Å². The second-order valence-electron chi connectivity index (χ2n) is 4.08. The predicted molar refractivity (Wildman–Crippen MR) is 59.5 cm³/mol. The molecule has 6 nitrogen and oxygen atoms in total. The lowest BCUT2D eigenvalue weighted by atomic mass is 10.2. The zero-order valence-electron chi connectivity index (χ0n) is 9.72. The van der Waals surface area contributed by atoms with Crippen LogP contribution in [0.5, 0.6) is 0 Å². The zero-order chi connectivity index (χ0) is 11.3. The van der Waals surface area contributed by atoms with E-state index >= 15 is 0 Å². The van der Waals surface area contributed by atoms with Gasteiger partial charge in [-0.05, 0) is 29.3 Å². The third-order valence-corrected chi connectivity index (χ3v) is 2.10. The summed E-state index contributed by atoms with van der Waals surface area (Å²) in [5.41, 5.74) is 5.51. The predicted octanol–water partition coefficient (Wildman–Crippen LogP) is 0.0213. The van der Waals surface area contributed by atoms with Crippen LogP contribution in [0, 0.1) is 5.92 Å². The molecule has 0 bridgehead atoms. The highest BCUT2D eigenvalue weighted by molar-refractivity contribution is 5.27. The van der Waals surface area contributed by atoms with Crippen LogP contribution in [0.3, 0.4) is 0 Å². The van der Waals surface area contributed by atoms with Gasteiger partial charge < -0.3 is 10.6 Å². The van der Waals surface area contributed by atoms with E-state index in [-0.39, 0.29) is 0 Å². The monoisotopic (exact) mass is 212 g/mol. The first-order valence-electron chi connectivity index (χ1n) is 5.32. The highest BCUT2D eigenvalue weighted by Gasteiger charge is 2.13. The van der Waals surface area contributed by atoms with Crippen molar-refractivity contribution in [3.05, 3.63) is 0 Å². The Bertz CT molecular complexity index is 282. The highest BCUT2D eigenvalue weighted by atomic mass is 15.6. The number of tetrazole rings is 1. The number of aryl methyl sites for hydroxylation is 1. The Morgan fingerprint density at radius 2 is 2.20 bits per heavy atom. The van der Waals surface area contributed by atoms with E-state index in [0.29, 0.717) is 12.5 Å². The average molecular weight is 212 g/mol. The molecule has 0 saturated carbocycles. The van der Waals surface area contributed by atoms with E-state index in [1.54, 1.807) is 4.68 Å². The molecule has 1 heterocycles. The summed E-state index contributed by atoms with van der Waals surface area (Å²) < 4.78 is 1.69. The second kappa shape index (κ2) is 5.65. The van der Waals surface area contributed by atoms with Crippen molar-refractivity contribution in [2.24, 2.45) is 18.7 Å². The molecule has 0 spiro atoms. The van der Waals surface area contributed by atoms with Crippen LogP contribution in [-0.4, -0.2) is 39.8 Å². The van der Waals surface area contributed by atoms with Gasteiger partial charge in [-0.2, -0.15) is 0 Å². The van der Waals surface area contributed by atoms with Crippen LogP contribution in [0.15, 0.2) is 0 Å². The van der Waals surface area contributed by atoms with Crippen LogP contribution in [0.1, 0.15) is 20.3 Å². The lowest BCUT2D eigenvalue weighted by Gasteiger charge is -2.23. The Morgan fingerprint density at radius 1 is 1.47 bits per heavy atom. The molecular weight excluding hydrogens is 192 g/mol. The summed E-state index contributed by atoms with van der Waals surface area (Å²) in [7, 11) is 1.85. The van der Waals surface area contributed by atoms with E-state index in [9.17, 15) is 0 Å². The SMILES string of the molecule is CC(C)CN(CCCN)c1nnnn1C. The van der Waals surface area contributed by atoms with Crippen molar-refractivity contribution in [2.45, 2.75) is 20.3 Å². The molecule has 0 amide bonds. The Hall–Kier alpha value is -1.17. The Labute approximate surface area is 90.4 Å². The standard InChI is InChI=1S/C9H20N6/c1-8(2)7-15(6-4-5-10)9-11-12-13-14(9)3/h8H,4-7,10H2,1-3H3. The average Bonchev–Trinajstić information content (AvgIpc) is 2.58. The molecule has 0 aliphatic heterocycles. The number of aromatic nitrogens is 4. The summed E-state index contributed by atoms with van der Waals surface area (Å²) in [6.45, 7) is 6.91. The van der Waals surface area contributed by atoms with Gasteiger partial charge >= 0.3 is 0 Å². The second-order valence-corrected chi connectivity index (χ2v) is 4.08. The first kappa shape index (κ1) is 11.9. The van der Waals surface area contributed by atoms with Gasteiger partial charge in [0.15, 0.2) is 0 Å². The molecule has 1 rings (SSSR count). The molecule has 2 N–H and O–H groups in total. The molecule has 15 heavy (non-hydrogen) atoms. The molecule has 0 saturated heterocycles. The maximum absolute atomic E-state index is 5.51. The van der Waals surface area contributed by atoms with Gasteiger partial charge in [-0.25, -0.2) is 4.68 Å². The molecule has 0 radical (unpaired) electrons. The molecule has 0 atom stereocenters. The van der Waals surface area contributed by atoms with Gasteiger partial charge in [-0.1, -0.05) is 18.9 Å². The number of hydrogen-bond donors (Lipinski definition) is 1. The highest BCUT2D eigenvalue weighted by Crippen LogP contribution is 2.10. The Kier molecular flexibility index (Phi) is 4.48. The summed E-state index contributed by atoms with van der Waals surface area (Å²) in [5, 5.41) is 11.5. The number of nitrogens with zero attached hydrogens (tertiary/aromatic N) is 5. The lowest BCUT2D eigenvalue weighted by molar-refractivity contribution is 0.578. The topological polar surface area (TPSA) is 72.9 Å². The number of anilines is 1. The summed E-state index contributed by atoms with van der Waals surface area (Å²) in [6, 6.07) is 0. The van der Waals surface area contributed by atoms with E-state index in [1.807, 2.05) is 7.05 Å². The van der Waals surface area contributed by atoms with Crippen molar-refractivity contribution in [3.63, 3.8) is 0 Å². The van der Waals surface area contributed by atoms with E-state index in [4.69, 9.17) is 5.73 Å². The fourth-order valence-electron chi connectivity index (χ4n) is 1.49. The maximum atomic E-state index is 5.51. The van der Waals surface area contributed by atoms with Crippen LogP contribution >= 0.6 is 0 Å². The molecule has 0 aromatic carbocycles. The molecule has 0 aliphatic carbocycles. The van der Waals surface area contributed by atoms with Gasteiger partial charge in [0, 0.05) is 20.1 Å². The van der Waals surface area contributed by atoms with Crippen molar-refractivity contribution in [1.82, 2.24) is 20.2 Å². The quantitative estimate of drug-likeness (QED) is 0.719. The van der Waals surface area contributed by atoms with Gasteiger partial charge in [0.2, 0.25) is 5.95 Å². The van der Waals surface area contributed by atoms with Gasteiger partial charge in [0.25, 0.3) is 0 Å². The molecule has 86 valence electrons. The number of rotatable bonds is 6. The smallest absolute Gasteiger partial charge is 0.245 e. The van der Waals surface area contributed by atoms with Crippen molar-refractivity contribution < 1.29 is 0 Å². The largest absolute Gasteiger partial charge is 0.339 e. The van der Waals surface area contributed by atoms with Crippen LogP contribution in [0.4, 0.5) is 5.95 Å². The van der Waals surface area contributed by atoms with Crippen molar-refractivity contribution in [2.75, 3.05) is 24.5 Å². The van der Waals surface area contributed by atoms with Gasteiger partial charge in [0.05, 0.1) is 0 Å². The maximum Gasteiger partial charge on any atom is 0.245 e. The summed E-state index contributed by atoms with van der Waals surface area (Å²) in [5.74, 6) is 1.40. The molecule has 0 fully saturated rings. The fraction of sp³-hybridized carbons (Fsp3) is 0.889. The van der Waals surface area contributed by atoms with E-state index in [2.05, 4.69) is 34.3 Å². The van der Waals surface area contributed by atoms with E-state index in [1.165, 1.54) is 0 Å². The minimum absolute atomic E-state index is 0.583. The summed E-state index contributed by atoms with van der Waals surface area (Å²) >= 11 is 0. The van der Waals surface area contributed by atoms with Gasteiger partial charge in [0.1, 0.15) is 0 Å². The summed E-state index contributed by atoms with van der Waals surface area (Å²) in [6.07, 6.45) is 0.958. The Morgan fingerprint density at radius 3 is 2.67 bits per heavy atom. The van der Waals surface area contributed by atoms with Crippen molar-refractivity contribution in [3.8, 4) is 0 Å². The van der Waals surface area contributed by atoms with Crippen LogP contribution in [0.25, 0.3) is 0 Å².